The van der Waals surface area contributed by atoms with E-state index in [0.717, 1.165) is 25.7 Å². The maximum Gasteiger partial charge on any atom is 0.311 e. The Kier molecular flexibility index (Phi) is 4.71. The van der Waals surface area contributed by atoms with Crippen molar-refractivity contribution in [2.45, 2.75) is 38.5 Å². The third-order valence-electron chi connectivity index (χ3n) is 4.03. The zero-order valence-corrected chi connectivity index (χ0v) is 11.5. The molecule has 0 atom stereocenters. The Morgan fingerprint density at radius 2 is 1.95 bits per heavy atom. The van der Waals surface area contributed by atoms with E-state index in [1.807, 2.05) is 0 Å². The molecule has 0 aromatic carbocycles. The van der Waals surface area contributed by atoms with Gasteiger partial charge in [-0.15, -0.1) is 0 Å². The van der Waals surface area contributed by atoms with Crippen molar-refractivity contribution in [1.29, 1.82) is 0 Å². The minimum Gasteiger partial charge on any atom is -0.481 e. The van der Waals surface area contributed by atoms with Crippen molar-refractivity contribution in [3.05, 3.63) is 30.1 Å². The van der Waals surface area contributed by atoms with E-state index in [-0.39, 0.29) is 12.5 Å². The quantitative estimate of drug-likeness (QED) is 0.826. The van der Waals surface area contributed by atoms with E-state index in [9.17, 15) is 14.7 Å². The van der Waals surface area contributed by atoms with Gasteiger partial charge in [-0.1, -0.05) is 25.7 Å². The van der Waals surface area contributed by atoms with Crippen molar-refractivity contribution in [3.63, 3.8) is 0 Å². The fourth-order valence-corrected chi connectivity index (χ4v) is 2.72. The summed E-state index contributed by atoms with van der Waals surface area (Å²) in [6.45, 7) is 0.191. The van der Waals surface area contributed by atoms with Gasteiger partial charge in [0.25, 0.3) is 5.91 Å². The molecule has 1 heterocycles. The van der Waals surface area contributed by atoms with Gasteiger partial charge in [0.1, 0.15) is 0 Å². The normalized spacial score (nSPS) is 18.0. The second-order valence-corrected chi connectivity index (χ2v) is 5.42. The predicted octanol–water partition coefficient (Wildman–Crippen LogP) is 2.24. The number of carboxylic acids is 1. The summed E-state index contributed by atoms with van der Waals surface area (Å²) in [4.78, 5) is 27.5. The highest BCUT2D eigenvalue weighted by Gasteiger charge is 2.38. The smallest absolute Gasteiger partial charge is 0.311 e. The fraction of sp³-hybridized carbons (Fsp3) is 0.533. The van der Waals surface area contributed by atoms with Gasteiger partial charge in [0.2, 0.25) is 0 Å². The van der Waals surface area contributed by atoms with Crippen LogP contribution in [0.25, 0.3) is 0 Å². The van der Waals surface area contributed by atoms with E-state index in [0.29, 0.717) is 18.4 Å². The fourth-order valence-electron chi connectivity index (χ4n) is 2.72. The molecular weight excluding hydrogens is 256 g/mol. The standard InChI is InChI=1S/C15H20N2O3/c18-13(12-6-5-9-16-10-12)17-11-15(14(19)20)7-3-1-2-4-8-15/h5-6,9-10H,1-4,7-8,11H2,(H,17,18)(H,19,20). The molecule has 0 radical (unpaired) electrons. The van der Waals surface area contributed by atoms with E-state index in [1.165, 1.54) is 6.20 Å². The number of nitrogens with zero attached hydrogens (tertiary/aromatic N) is 1. The zero-order valence-electron chi connectivity index (χ0n) is 11.5. The van der Waals surface area contributed by atoms with Gasteiger partial charge < -0.3 is 10.4 Å². The molecule has 5 nitrogen and oxygen atoms in total. The van der Waals surface area contributed by atoms with E-state index in [1.54, 1.807) is 18.3 Å². The SMILES string of the molecule is O=C(NCC1(C(=O)O)CCCCCC1)c1cccnc1. The van der Waals surface area contributed by atoms with E-state index >= 15 is 0 Å². The second-order valence-electron chi connectivity index (χ2n) is 5.42. The van der Waals surface area contributed by atoms with Crippen LogP contribution < -0.4 is 5.32 Å². The van der Waals surface area contributed by atoms with Crippen LogP contribution in [-0.2, 0) is 4.79 Å². The van der Waals surface area contributed by atoms with Crippen LogP contribution in [0.3, 0.4) is 0 Å². The van der Waals surface area contributed by atoms with Gasteiger partial charge in [-0.3, -0.25) is 14.6 Å². The first kappa shape index (κ1) is 14.5. The molecule has 2 rings (SSSR count). The first-order valence-electron chi connectivity index (χ1n) is 7.06. The summed E-state index contributed by atoms with van der Waals surface area (Å²) in [6.07, 6.45) is 8.32. The molecule has 0 unspecified atom stereocenters. The number of carbonyl (C=O) groups is 2. The van der Waals surface area contributed by atoms with Gasteiger partial charge in [0, 0.05) is 18.9 Å². The van der Waals surface area contributed by atoms with Gasteiger partial charge in [-0.25, -0.2) is 0 Å². The molecule has 1 aliphatic carbocycles. The van der Waals surface area contributed by atoms with Crippen LogP contribution in [0.1, 0.15) is 48.9 Å². The Labute approximate surface area is 118 Å². The van der Waals surface area contributed by atoms with Crippen molar-refractivity contribution in [2.75, 3.05) is 6.54 Å². The first-order valence-corrected chi connectivity index (χ1v) is 7.06. The Bertz CT molecular complexity index is 465. The Morgan fingerprint density at radius 1 is 1.25 bits per heavy atom. The average molecular weight is 276 g/mol. The molecule has 1 fully saturated rings. The topological polar surface area (TPSA) is 79.3 Å². The Morgan fingerprint density at radius 3 is 2.50 bits per heavy atom. The summed E-state index contributed by atoms with van der Waals surface area (Å²) in [5.74, 6) is -1.06. The van der Waals surface area contributed by atoms with Crippen LogP contribution in [0.15, 0.2) is 24.5 Å². The maximum atomic E-state index is 12.0. The molecule has 20 heavy (non-hydrogen) atoms. The molecule has 0 aliphatic heterocycles. The number of pyridine rings is 1. The number of aliphatic carboxylic acids is 1. The third-order valence-corrected chi connectivity index (χ3v) is 4.03. The van der Waals surface area contributed by atoms with Crippen LogP contribution >= 0.6 is 0 Å². The van der Waals surface area contributed by atoms with Crippen molar-refractivity contribution in [2.24, 2.45) is 5.41 Å². The molecule has 0 saturated heterocycles. The van der Waals surface area contributed by atoms with Gasteiger partial charge in [0.15, 0.2) is 0 Å². The van der Waals surface area contributed by atoms with Gasteiger partial charge in [-0.2, -0.15) is 0 Å². The summed E-state index contributed by atoms with van der Waals surface area (Å²) in [5, 5.41) is 12.3. The van der Waals surface area contributed by atoms with Gasteiger partial charge in [0.05, 0.1) is 11.0 Å². The van der Waals surface area contributed by atoms with Gasteiger partial charge >= 0.3 is 5.97 Å². The van der Waals surface area contributed by atoms with Crippen molar-refractivity contribution in [3.8, 4) is 0 Å². The Hall–Kier alpha value is -1.91. The number of hydrogen-bond acceptors (Lipinski definition) is 3. The minimum absolute atomic E-state index is 0.191. The molecule has 1 amide bonds. The number of hydrogen-bond donors (Lipinski definition) is 2. The lowest BCUT2D eigenvalue weighted by molar-refractivity contribution is -0.149. The second kappa shape index (κ2) is 6.50. The van der Waals surface area contributed by atoms with Crippen LogP contribution in [0, 0.1) is 5.41 Å². The highest BCUT2D eigenvalue weighted by Crippen LogP contribution is 2.34. The lowest BCUT2D eigenvalue weighted by atomic mass is 9.80. The maximum absolute atomic E-state index is 12.0. The van der Waals surface area contributed by atoms with Crippen molar-refractivity contribution < 1.29 is 14.7 Å². The largest absolute Gasteiger partial charge is 0.481 e. The third kappa shape index (κ3) is 3.35. The summed E-state index contributed by atoms with van der Waals surface area (Å²) >= 11 is 0. The Balaban J connectivity index is 2.02. The summed E-state index contributed by atoms with van der Waals surface area (Å²) < 4.78 is 0. The van der Waals surface area contributed by atoms with Crippen LogP contribution in [-0.4, -0.2) is 28.5 Å². The zero-order chi connectivity index (χ0) is 14.4. The molecule has 1 aromatic heterocycles. The number of aromatic nitrogens is 1. The molecule has 5 heteroatoms. The molecule has 1 aliphatic rings. The van der Waals surface area contributed by atoms with E-state index in [2.05, 4.69) is 10.3 Å². The number of carbonyl (C=O) groups excluding carboxylic acids is 1. The molecular formula is C15H20N2O3. The number of rotatable bonds is 4. The molecule has 1 saturated carbocycles. The number of amides is 1. The molecule has 0 bridgehead atoms. The van der Waals surface area contributed by atoms with Crippen LogP contribution in [0.4, 0.5) is 0 Å². The van der Waals surface area contributed by atoms with Crippen molar-refractivity contribution in [1.82, 2.24) is 10.3 Å². The molecule has 2 N–H and O–H groups in total. The predicted molar refractivity (Wildman–Crippen MR) is 74.3 cm³/mol. The molecule has 0 spiro atoms. The van der Waals surface area contributed by atoms with Crippen LogP contribution in [0.2, 0.25) is 0 Å². The summed E-state index contributed by atoms with van der Waals surface area (Å²) in [5.41, 5.74) is -0.351. The summed E-state index contributed by atoms with van der Waals surface area (Å²) in [7, 11) is 0. The average Bonchev–Trinajstić information content (AvgIpc) is 2.72. The van der Waals surface area contributed by atoms with Crippen molar-refractivity contribution >= 4 is 11.9 Å². The van der Waals surface area contributed by atoms with Crippen LogP contribution in [0.5, 0.6) is 0 Å². The van der Waals surface area contributed by atoms with Gasteiger partial charge in [-0.05, 0) is 25.0 Å². The highest BCUT2D eigenvalue weighted by molar-refractivity contribution is 5.94. The molecule has 1 aromatic rings. The minimum atomic E-state index is -0.811. The number of carboxylic acid groups (broad SMARTS) is 1. The summed E-state index contributed by atoms with van der Waals surface area (Å²) in [6, 6.07) is 3.36. The highest BCUT2D eigenvalue weighted by atomic mass is 16.4. The lowest BCUT2D eigenvalue weighted by Gasteiger charge is -2.28. The van der Waals surface area contributed by atoms with E-state index < -0.39 is 11.4 Å². The number of nitrogens with one attached hydrogen (secondary N) is 1. The lowest BCUT2D eigenvalue weighted by Crippen LogP contribution is -2.42. The first-order chi connectivity index (χ1) is 9.64. The monoisotopic (exact) mass is 276 g/mol. The molecule has 108 valence electrons. The van der Waals surface area contributed by atoms with E-state index in [4.69, 9.17) is 0 Å².